The van der Waals surface area contributed by atoms with Gasteiger partial charge >= 0.3 is 0 Å². The molecule has 4 aliphatic rings. The van der Waals surface area contributed by atoms with E-state index in [1.165, 1.54) is 90.8 Å². The molecule has 0 aliphatic carbocycles. The van der Waals surface area contributed by atoms with Crippen LogP contribution >= 0.6 is 22.9 Å². The number of rotatable bonds is 4. The predicted octanol–water partition coefficient (Wildman–Crippen LogP) is 2.91. The van der Waals surface area contributed by atoms with Crippen molar-refractivity contribution in [1.82, 2.24) is 19.4 Å². The zero-order valence-corrected chi connectivity index (χ0v) is 16.2. The summed E-state index contributed by atoms with van der Waals surface area (Å²) in [5.74, 6) is 0.194. The number of halogens is 1. The second-order valence-corrected chi connectivity index (χ2v) is 9.13. The van der Waals surface area contributed by atoms with Crippen LogP contribution in [0.2, 0.25) is 0 Å². The van der Waals surface area contributed by atoms with Crippen LogP contribution < -0.4 is 0 Å². The van der Waals surface area contributed by atoms with Gasteiger partial charge in [0, 0.05) is 40.2 Å². The highest BCUT2D eigenvalue weighted by Crippen LogP contribution is 2.49. The van der Waals surface area contributed by atoms with E-state index in [0.717, 1.165) is 13.5 Å². The van der Waals surface area contributed by atoms with E-state index in [4.69, 9.17) is 0 Å². The number of hydrogen-bond donors (Lipinski definition) is 0. The maximum Gasteiger partial charge on any atom is 0.151 e. The Hall–Kier alpha value is 0.750. The van der Waals surface area contributed by atoms with E-state index in [-0.39, 0.29) is 5.79 Å². The number of hydrogen-bond acceptors (Lipinski definition) is 4. The first kappa shape index (κ1) is 16.2. The third-order valence-electron chi connectivity index (χ3n) is 6.30. The van der Waals surface area contributed by atoms with E-state index in [2.05, 4.69) is 34.9 Å². The molecule has 6 heteroatoms. The molecular weight excluding hydrogens is 359 g/mol. The average Bonchev–Trinajstić information content (AvgIpc) is 3.33. The van der Waals surface area contributed by atoms with Gasteiger partial charge in [-0.25, -0.2) is 4.67 Å². The lowest BCUT2D eigenvalue weighted by molar-refractivity contribution is -0.131. The minimum Gasteiger partial charge on any atom is -0.296 e. The van der Waals surface area contributed by atoms with Gasteiger partial charge in [-0.05, 0) is 73.5 Å². The highest BCUT2D eigenvalue weighted by atomic mass is 79.9. The normalized spacial score (nSPS) is 35.6. The summed E-state index contributed by atoms with van der Waals surface area (Å²) in [6, 6.07) is 0.719. The van der Waals surface area contributed by atoms with Crippen LogP contribution in [-0.4, -0.2) is 77.0 Å². The van der Waals surface area contributed by atoms with Gasteiger partial charge in [0.1, 0.15) is 0 Å². The second kappa shape index (κ2) is 6.93. The van der Waals surface area contributed by atoms with Gasteiger partial charge in [0.2, 0.25) is 0 Å². The van der Waals surface area contributed by atoms with E-state index in [0.29, 0.717) is 0 Å². The summed E-state index contributed by atoms with van der Waals surface area (Å²) < 4.78 is 2.78. The molecule has 0 N–H and O–H groups in total. The molecule has 2 unspecified atom stereocenters. The Morgan fingerprint density at radius 3 is 1.73 bits per heavy atom. The highest BCUT2D eigenvalue weighted by Gasteiger charge is 2.58. The smallest absolute Gasteiger partial charge is 0.151 e. The molecule has 4 nitrogen and oxygen atoms in total. The third-order valence-corrected chi connectivity index (χ3v) is 8.34. The molecule has 0 saturated carbocycles. The van der Waals surface area contributed by atoms with Gasteiger partial charge in [0.15, 0.2) is 5.79 Å². The standard InChI is InChI=1S/C16H30BrN4P/c17-22-21-14-7-15(18-8-1-2-9-18)16(21,19-10-3-4-11-19)20-12-5-6-13-20/h15,22H,1-14H2. The van der Waals surface area contributed by atoms with Crippen LogP contribution in [0.15, 0.2) is 0 Å². The minimum atomic E-state index is 0.194. The molecule has 0 radical (unpaired) electrons. The van der Waals surface area contributed by atoms with Crippen molar-refractivity contribution < 1.29 is 0 Å². The first-order valence-corrected chi connectivity index (χ1v) is 12.5. The maximum atomic E-state index is 3.86. The van der Waals surface area contributed by atoms with Gasteiger partial charge < -0.3 is 0 Å². The van der Waals surface area contributed by atoms with Crippen LogP contribution in [0, 0.1) is 0 Å². The lowest BCUT2D eigenvalue weighted by atomic mass is 10.1. The van der Waals surface area contributed by atoms with Crippen molar-refractivity contribution in [1.29, 1.82) is 0 Å². The average molecular weight is 389 g/mol. The largest absolute Gasteiger partial charge is 0.296 e. The van der Waals surface area contributed by atoms with Crippen LogP contribution in [0.4, 0.5) is 0 Å². The monoisotopic (exact) mass is 388 g/mol. The zero-order valence-electron chi connectivity index (χ0n) is 13.6. The Balaban J connectivity index is 1.71. The SMILES string of the molecule is BrPN1CCC(N2CCCC2)C1(N1CCCC1)N1CCCC1. The van der Waals surface area contributed by atoms with E-state index < -0.39 is 0 Å². The molecule has 0 spiro atoms. The van der Waals surface area contributed by atoms with Gasteiger partial charge in [-0.15, -0.1) is 0 Å². The Morgan fingerprint density at radius 1 is 0.727 bits per heavy atom. The van der Waals surface area contributed by atoms with Gasteiger partial charge in [-0.1, -0.05) is 0 Å². The summed E-state index contributed by atoms with van der Waals surface area (Å²) in [6.07, 6.45) is 9.73. The molecule has 2 atom stereocenters. The fraction of sp³-hybridized carbons (Fsp3) is 1.00. The first-order chi connectivity index (χ1) is 10.9. The van der Waals surface area contributed by atoms with Crippen molar-refractivity contribution in [2.75, 3.05) is 45.8 Å². The molecule has 4 saturated heterocycles. The van der Waals surface area contributed by atoms with Crippen molar-refractivity contribution in [3.63, 3.8) is 0 Å². The van der Waals surface area contributed by atoms with Crippen molar-refractivity contribution in [2.24, 2.45) is 0 Å². The molecule has 4 aliphatic heterocycles. The molecule has 4 heterocycles. The summed E-state index contributed by atoms with van der Waals surface area (Å²) in [4.78, 5) is 8.56. The Kier molecular flexibility index (Phi) is 5.12. The molecule has 126 valence electrons. The molecule has 0 amide bonds. The highest BCUT2D eigenvalue weighted by molar-refractivity contribution is 9.36. The Bertz CT molecular complexity index is 362. The molecule has 0 aromatic carbocycles. The quantitative estimate of drug-likeness (QED) is 0.686. The van der Waals surface area contributed by atoms with E-state index in [9.17, 15) is 0 Å². The van der Waals surface area contributed by atoms with Gasteiger partial charge in [-0.3, -0.25) is 14.7 Å². The van der Waals surface area contributed by atoms with Crippen LogP contribution in [0.1, 0.15) is 44.9 Å². The molecular formula is C16H30BrN4P. The van der Waals surface area contributed by atoms with E-state index >= 15 is 0 Å². The van der Waals surface area contributed by atoms with Crippen molar-refractivity contribution in [3.8, 4) is 0 Å². The molecule has 4 fully saturated rings. The minimum absolute atomic E-state index is 0.194. The molecule has 4 rings (SSSR count). The Labute approximate surface area is 145 Å². The number of nitrogens with zero attached hydrogens (tertiary/aromatic N) is 4. The molecule has 0 aromatic heterocycles. The zero-order chi connectivity index (χ0) is 15.0. The van der Waals surface area contributed by atoms with Crippen molar-refractivity contribution >= 4 is 22.9 Å². The second-order valence-electron chi connectivity index (χ2n) is 7.36. The summed E-state index contributed by atoms with van der Waals surface area (Å²) in [5.41, 5.74) is 0. The third kappa shape index (κ3) is 2.51. The summed E-state index contributed by atoms with van der Waals surface area (Å²) >= 11 is 3.86. The van der Waals surface area contributed by atoms with E-state index in [1.807, 2.05) is 0 Å². The van der Waals surface area contributed by atoms with Crippen LogP contribution in [0.3, 0.4) is 0 Å². The van der Waals surface area contributed by atoms with Crippen LogP contribution in [0.25, 0.3) is 0 Å². The van der Waals surface area contributed by atoms with Gasteiger partial charge in [0.05, 0.1) is 6.04 Å². The topological polar surface area (TPSA) is 13.0 Å². The summed E-state index contributed by atoms with van der Waals surface area (Å²) in [5, 5.41) is 0. The fourth-order valence-electron chi connectivity index (χ4n) is 5.43. The maximum absolute atomic E-state index is 3.86. The van der Waals surface area contributed by atoms with Crippen LogP contribution in [0.5, 0.6) is 0 Å². The van der Waals surface area contributed by atoms with Crippen molar-refractivity contribution in [2.45, 2.75) is 56.8 Å². The lowest BCUT2D eigenvalue weighted by Gasteiger charge is -2.55. The van der Waals surface area contributed by atoms with Gasteiger partial charge in [0.25, 0.3) is 0 Å². The number of likely N-dealkylation sites (tertiary alicyclic amines) is 3. The molecule has 0 aromatic rings. The van der Waals surface area contributed by atoms with Crippen molar-refractivity contribution in [3.05, 3.63) is 0 Å². The first-order valence-electron chi connectivity index (χ1n) is 9.25. The molecule has 0 bridgehead atoms. The van der Waals surface area contributed by atoms with Crippen LogP contribution in [-0.2, 0) is 0 Å². The molecule has 22 heavy (non-hydrogen) atoms. The summed E-state index contributed by atoms with van der Waals surface area (Å²) in [7, 11) is 0.754. The van der Waals surface area contributed by atoms with E-state index in [1.54, 1.807) is 0 Å². The predicted molar refractivity (Wildman–Crippen MR) is 97.5 cm³/mol. The lowest BCUT2D eigenvalue weighted by Crippen LogP contribution is -2.71. The summed E-state index contributed by atoms with van der Waals surface area (Å²) in [6.45, 7) is 9.12. The van der Waals surface area contributed by atoms with Gasteiger partial charge in [-0.2, -0.15) is 0 Å². The fourth-order valence-corrected chi connectivity index (χ4v) is 7.51. The Morgan fingerprint density at radius 2 is 1.23 bits per heavy atom.